The van der Waals surface area contributed by atoms with Gasteiger partial charge in [0.1, 0.15) is 0 Å². The second kappa shape index (κ2) is 6.29. The SMILES string of the molecule is COc1ccnc(CS(=O)c2nc3c4c(ccc3[nH]2)N=CC4)c1OC. The van der Waals surface area contributed by atoms with E-state index in [0.717, 1.165) is 28.7 Å². The van der Waals surface area contributed by atoms with E-state index < -0.39 is 10.8 Å². The Morgan fingerprint density at radius 1 is 1.24 bits per heavy atom. The molecular weight excluding hydrogens is 340 g/mol. The summed E-state index contributed by atoms with van der Waals surface area (Å²) in [4.78, 5) is 16.3. The van der Waals surface area contributed by atoms with E-state index in [9.17, 15) is 4.21 Å². The molecule has 0 amide bonds. The normalized spacial score (nSPS) is 13.8. The van der Waals surface area contributed by atoms with Crippen LogP contribution in [0.2, 0.25) is 0 Å². The Kier molecular flexibility index (Phi) is 3.96. The zero-order valence-electron chi connectivity index (χ0n) is 13.8. The highest BCUT2D eigenvalue weighted by Crippen LogP contribution is 2.32. The van der Waals surface area contributed by atoms with E-state index in [1.165, 1.54) is 7.11 Å². The van der Waals surface area contributed by atoms with Crippen LogP contribution in [-0.4, -0.2) is 39.6 Å². The van der Waals surface area contributed by atoms with Crippen LogP contribution in [-0.2, 0) is 23.0 Å². The maximum absolute atomic E-state index is 12.8. The number of pyridine rings is 1. The molecular formula is C17H16N4O3S. The lowest BCUT2D eigenvalue weighted by Crippen LogP contribution is -2.04. The van der Waals surface area contributed by atoms with Gasteiger partial charge in [-0.25, -0.2) is 4.98 Å². The van der Waals surface area contributed by atoms with Gasteiger partial charge in [0.15, 0.2) is 16.7 Å². The van der Waals surface area contributed by atoms with Crippen molar-refractivity contribution in [1.82, 2.24) is 15.0 Å². The number of methoxy groups -OCH3 is 2. The third-order valence-electron chi connectivity index (χ3n) is 4.09. The first-order chi connectivity index (χ1) is 12.2. The van der Waals surface area contributed by atoms with Gasteiger partial charge < -0.3 is 14.5 Å². The predicted octanol–water partition coefficient (Wildman–Crippen LogP) is 2.54. The van der Waals surface area contributed by atoms with E-state index in [4.69, 9.17) is 9.47 Å². The van der Waals surface area contributed by atoms with Gasteiger partial charge in [0.2, 0.25) is 0 Å². The molecule has 4 rings (SSSR count). The molecule has 1 N–H and O–H groups in total. The number of benzene rings is 1. The standard InChI is InChI=1S/C17H16N4O3S/c1-23-14-6-8-19-13(16(14)24-2)9-25(22)17-20-12-4-3-11-10(5-7-18-11)15(12)21-17/h3-4,6-8H,5,9H2,1-2H3,(H,20,21). The number of aliphatic imine (C=N–C) groups is 1. The van der Waals surface area contributed by atoms with Crippen molar-refractivity contribution in [3.05, 3.63) is 35.7 Å². The van der Waals surface area contributed by atoms with Gasteiger partial charge in [0, 0.05) is 30.5 Å². The van der Waals surface area contributed by atoms with Crippen molar-refractivity contribution in [2.45, 2.75) is 17.3 Å². The monoisotopic (exact) mass is 356 g/mol. The number of hydrogen-bond acceptors (Lipinski definition) is 6. The summed E-state index contributed by atoms with van der Waals surface area (Å²) >= 11 is 0. The number of imidazole rings is 1. The van der Waals surface area contributed by atoms with Crippen LogP contribution in [0.4, 0.5) is 5.69 Å². The lowest BCUT2D eigenvalue weighted by Gasteiger charge is -2.10. The van der Waals surface area contributed by atoms with Crippen molar-refractivity contribution in [1.29, 1.82) is 0 Å². The number of nitrogens with one attached hydrogen (secondary N) is 1. The van der Waals surface area contributed by atoms with Gasteiger partial charge >= 0.3 is 0 Å². The fourth-order valence-corrected chi connectivity index (χ4v) is 3.92. The second-order valence-electron chi connectivity index (χ2n) is 5.50. The van der Waals surface area contributed by atoms with E-state index in [0.29, 0.717) is 22.3 Å². The van der Waals surface area contributed by atoms with E-state index in [2.05, 4.69) is 19.9 Å². The van der Waals surface area contributed by atoms with Crippen LogP contribution in [0.3, 0.4) is 0 Å². The van der Waals surface area contributed by atoms with Crippen LogP contribution in [0.5, 0.6) is 11.5 Å². The summed E-state index contributed by atoms with van der Waals surface area (Å²) in [6.45, 7) is 0. The Balaban J connectivity index is 1.67. The van der Waals surface area contributed by atoms with Crippen LogP contribution in [0.25, 0.3) is 11.0 Å². The van der Waals surface area contributed by atoms with Gasteiger partial charge in [-0.3, -0.25) is 14.2 Å². The molecule has 3 aromatic rings. The first-order valence-corrected chi connectivity index (χ1v) is 9.01. The van der Waals surface area contributed by atoms with Gasteiger partial charge in [0.25, 0.3) is 0 Å². The summed E-state index contributed by atoms with van der Waals surface area (Å²) in [5.41, 5.74) is 4.23. The molecule has 1 aromatic carbocycles. The highest BCUT2D eigenvalue weighted by molar-refractivity contribution is 7.84. The number of aromatic nitrogens is 3. The Hall–Kier alpha value is -2.74. The van der Waals surface area contributed by atoms with Crippen LogP contribution >= 0.6 is 0 Å². The predicted molar refractivity (Wildman–Crippen MR) is 95.4 cm³/mol. The molecule has 0 fully saturated rings. The van der Waals surface area contributed by atoms with Crippen LogP contribution < -0.4 is 9.47 Å². The van der Waals surface area contributed by atoms with Gasteiger partial charge in [0.05, 0.1) is 53.2 Å². The van der Waals surface area contributed by atoms with Crippen LogP contribution in [0.1, 0.15) is 11.3 Å². The lowest BCUT2D eigenvalue weighted by atomic mass is 10.1. The molecule has 0 radical (unpaired) electrons. The Morgan fingerprint density at radius 3 is 2.92 bits per heavy atom. The maximum Gasteiger partial charge on any atom is 0.197 e. The molecule has 0 aliphatic carbocycles. The summed E-state index contributed by atoms with van der Waals surface area (Å²) in [5.74, 6) is 1.23. The van der Waals surface area contributed by atoms with E-state index >= 15 is 0 Å². The first kappa shape index (κ1) is 15.8. The highest BCUT2D eigenvalue weighted by atomic mass is 32.2. The topological polar surface area (TPSA) is 89.5 Å². The Labute approximate surface area is 146 Å². The average molecular weight is 356 g/mol. The van der Waals surface area contributed by atoms with Crippen molar-refractivity contribution in [3.63, 3.8) is 0 Å². The number of nitrogens with zero attached hydrogens (tertiary/aromatic N) is 3. The van der Waals surface area contributed by atoms with Gasteiger partial charge in [-0.05, 0) is 12.1 Å². The fourth-order valence-electron chi connectivity index (χ4n) is 2.91. The minimum atomic E-state index is -1.39. The molecule has 128 valence electrons. The molecule has 0 saturated carbocycles. The minimum Gasteiger partial charge on any atom is -0.493 e. The number of H-pyrrole nitrogens is 1. The van der Waals surface area contributed by atoms with E-state index in [1.807, 2.05) is 18.3 Å². The van der Waals surface area contributed by atoms with Crippen molar-refractivity contribution in [2.75, 3.05) is 14.2 Å². The first-order valence-electron chi connectivity index (χ1n) is 7.69. The average Bonchev–Trinajstić information content (AvgIpc) is 3.27. The molecule has 25 heavy (non-hydrogen) atoms. The number of ether oxygens (including phenoxy) is 2. The summed E-state index contributed by atoms with van der Waals surface area (Å²) < 4.78 is 23.4. The van der Waals surface area contributed by atoms with E-state index in [-0.39, 0.29) is 5.75 Å². The van der Waals surface area contributed by atoms with Gasteiger partial charge in [-0.15, -0.1) is 0 Å². The second-order valence-corrected chi connectivity index (χ2v) is 6.87. The van der Waals surface area contributed by atoms with Crippen molar-refractivity contribution < 1.29 is 13.7 Å². The summed E-state index contributed by atoms with van der Waals surface area (Å²) in [6.07, 6.45) is 4.21. The zero-order valence-corrected chi connectivity index (χ0v) is 14.6. The molecule has 0 spiro atoms. The molecule has 8 heteroatoms. The third-order valence-corrected chi connectivity index (χ3v) is 5.25. The van der Waals surface area contributed by atoms with Gasteiger partial charge in [-0.1, -0.05) is 0 Å². The highest BCUT2D eigenvalue weighted by Gasteiger charge is 2.19. The lowest BCUT2D eigenvalue weighted by molar-refractivity contribution is 0.350. The third kappa shape index (κ3) is 2.68. The van der Waals surface area contributed by atoms with Crippen LogP contribution in [0, 0.1) is 0 Å². The largest absolute Gasteiger partial charge is 0.493 e. The molecule has 0 saturated heterocycles. The Morgan fingerprint density at radius 2 is 2.12 bits per heavy atom. The zero-order chi connectivity index (χ0) is 17.4. The maximum atomic E-state index is 12.8. The molecule has 1 aliphatic rings. The quantitative estimate of drug-likeness (QED) is 0.759. The molecule has 1 unspecified atom stereocenters. The fraction of sp³-hybridized carbons (Fsp3) is 0.235. The smallest absolute Gasteiger partial charge is 0.197 e. The minimum absolute atomic E-state index is 0.179. The molecule has 7 nitrogen and oxygen atoms in total. The number of aromatic amines is 1. The molecule has 2 aromatic heterocycles. The number of fused-ring (bicyclic) bond motifs is 3. The summed E-state index contributed by atoms with van der Waals surface area (Å²) in [6, 6.07) is 5.56. The van der Waals surface area contributed by atoms with Crippen molar-refractivity contribution >= 4 is 33.7 Å². The molecule has 3 heterocycles. The molecule has 0 bridgehead atoms. The van der Waals surface area contributed by atoms with Crippen LogP contribution in [0.15, 0.2) is 34.5 Å². The summed E-state index contributed by atoms with van der Waals surface area (Å²) in [5, 5.41) is 0.418. The molecule has 1 aliphatic heterocycles. The number of hydrogen-bond donors (Lipinski definition) is 1. The molecule has 1 atom stereocenters. The Bertz CT molecular complexity index is 1010. The van der Waals surface area contributed by atoms with Crippen molar-refractivity contribution in [2.24, 2.45) is 4.99 Å². The summed E-state index contributed by atoms with van der Waals surface area (Å²) in [7, 11) is 1.70. The van der Waals surface area contributed by atoms with Gasteiger partial charge in [-0.2, -0.15) is 0 Å². The van der Waals surface area contributed by atoms with Crippen molar-refractivity contribution in [3.8, 4) is 11.5 Å². The number of rotatable bonds is 5. The van der Waals surface area contributed by atoms with E-state index in [1.54, 1.807) is 19.4 Å².